The third kappa shape index (κ3) is 3.54. The molecule has 1 atom stereocenters. The van der Waals surface area contributed by atoms with E-state index in [4.69, 9.17) is 19.9 Å². The van der Waals surface area contributed by atoms with Crippen molar-refractivity contribution in [1.82, 2.24) is 0 Å². The zero-order chi connectivity index (χ0) is 25.4. The van der Waals surface area contributed by atoms with Crippen molar-refractivity contribution in [3.8, 4) is 17.6 Å². The highest BCUT2D eigenvalue weighted by Crippen LogP contribution is 2.53. The van der Waals surface area contributed by atoms with E-state index in [-0.39, 0.29) is 28.7 Å². The molecule has 0 saturated carbocycles. The van der Waals surface area contributed by atoms with Crippen LogP contribution in [0.25, 0.3) is 5.76 Å². The van der Waals surface area contributed by atoms with E-state index >= 15 is 0 Å². The number of benzene rings is 3. The lowest BCUT2D eigenvalue weighted by Gasteiger charge is -2.38. The summed E-state index contributed by atoms with van der Waals surface area (Å²) < 4.78 is 47.0. The second-order valence-corrected chi connectivity index (χ2v) is 10.0. The quantitative estimate of drug-likeness (QED) is 0.556. The molecule has 2 aliphatic heterocycles. The summed E-state index contributed by atoms with van der Waals surface area (Å²) in [6, 6.07) is 23.5. The molecule has 0 aromatic heterocycles. The number of sulfonamides is 1. The number of nitriles is 1. The van der Waals surface area contributed by atoms with Crippen molar-refractivity contribution in [2.45, 2.75) is 12.5 Å². The fraction of sp³-hybridized carbons (Fsp3) is 0.148. The maximum absolute atomic E-state index is 14.4. The van der Waals surface area contributed by atoms with Crippen molar-refractivity contribution in [2.24, 2.45) is 5.73 Å². The van der Waals surface area contributed by atoms with E-state index < -0.39 is 15.9 Å². The van der Waals surface area contributed by atoms with Gasteiger partial charge in [-0.15, -0.1) is 0 Å². The van der Waals surface area contributed by atoms with Crippen LogP contribution in [-0.4, -0.2) is 22.6 Å². The Hall–Kier alpha value is -4.42. The van der Waals surface area contributed by atoms with Crippen LogP contribution in [0, 0.1) is 11.3 Å². The van der Waals surface area contributed by atoms with Gasteiger partial charge in [0.05, 0.1) is 32.4 Å². The van der Waals surface area contributed by atoms with Gasteiger partial charge in [0.1, 0.15) is 16.5 Å². The van der Waals surface area contributed by atoms with Crippen molar-refractivity contribution < 1.29 is 22.6 Å². The summed E-state index contributed by atoms with van der Waals surface area (Å²) in [7, 11) is -1.25. The summed E-state index contributed by atoms with van der Waals surface area (Å²) in [5, 5.41) is 10.1. The normalized spacial score (nSPS) is 18.0. The molecule has 5 rings (SSSR count). The minimum atomic E-state index is -4.19. The second kappa shape index (κ2) is 8.98. The number of methoxy groups -OCH3 is 2. The molecule has 36 heavy (non-hydrogen) atoms. The van der Waals surface area contributed by atoms with Gasteiger partial charge < -0.3 is 19.9 Å². The molecular weight excluding hydrogens is 478 g/mol. The number of allylic oxidation sites excluding steroid dienone is 2. The van der Waals surface area contributed by atoms with Gasteiger partial charge in [0.15, 0.2) is 17.3 Å². The summed E-state index contributed by atoms with van der Waals surface area (Å²) in [6.45, 7) is 0.0972. The van der Waals surface area contributed by atoms with Crippen molar-refractivity contribution in [3.63, 3.8) is 0 Å². The molecule has 8 nitrogen and oxygen atoms in total. The lowest BCUT2D eigenvalue weighted by atomic mass is 9.87. The molecule has 0 amide bonds. The summed E-state index contributed by atoms with van der Waals surface area (Å²) in [6.07, 6.45) is 0. The first kappa shape index (κ1) is 23.3. The van der Waals surface area contributed by atoms with E-state index in [2.05, 4.69) is 6.07 Å². The molecule has 2 N–H and O–H groups in total. The van der Waals surface area contributed by atoms with Crippen LogP contribution in [0.1, 0.15) is 22.6 Å². The smallest absolute Gasteiger partial charge is 0.265 e. The van der Waals surface area contributed by atoms with E-state index in [1.54, 1.807) is 42.5 Å². The van der Waals surface area contributed by atoms with Crippen LogP contribution < -0.4 is 19.5 Å². The average Bonchev–Trinajstić information content (AvgIpc) is 2.90. The van der Waals surface area contributed by atoms with E-state index in [0.29, 0.717) is 28.3 Å². The number of nitrogens with two attached hydrogens (primary N) is 1. The molecule has 0 saturated heterocycles. The number of hydrogen-bond acceptors (Lipinski definition) is 7. The highest BCUT2D eigenvalue weighted by Gasteiger charge is 2.48. The highest BCUT2D eigenvalue weighted by molar-refractivity contribution is 7.96. The Labute approximate surface area is 209 Å². The lowest BCUT2D eigenvalue weighted by molar-refractivity contribution is 0.345. The van der Waals surface area contributed by atoms with Gasteiger partial charge in [-0.3, -0.25) is 4.31 Å². The Morgan fingerprint density at radius 3 is 2.42 bits per heavy atom. The van der Waals surface area contributed by atoms with Crippen molar-refractivity contribution >= 4 is 21.5 Å². The number of ether oxygens (including phenoxy) is 3. The van der Waals surface area contributed by atoms with Gasteiger partial charge in [0.25, 0.3) is 10.0 Å². The number of rotatable bonds is 5. The topological polar surface area (TPSA) is 115 Å². The molecule has 2 heterocycles. The first-order valence-electron chi connectivity index (χ1n) is 11.1. The monoisotopic (exact) mass is 501 g/mol. The van der Waals surface area contributed by atoms with E-state index in [0.717, 1.165) is 5.56 Å². The molecule has 182 valence electrons. The fourth-order valence-corrected chi connectivity index (χ4v) is 6.58. The zero-order valence-corrected chi connectivity index (χ0v) is 20.5. The van der Waals surface area contributed by atoms with Gasteiger partial charge in [-0.05, 0) is 23.8 Å². The highest BCUT2D eigenvalue weighted by atomic mass is 32.2. The minimum Gasteiger partial charge on any atom is -0.493 e. The van der Waals surface area contributed by atoms with Crippen LogP contribution in [0.2, 0.25) is 0 Å². The molecule has 0 bridgehead atoms. The van der Waals surface area contributed by atoms with Crippen LogP contribution in [-0.2, 0) is 21.3 Å². The predicted molar refractivity (Wildman–Crippen MR) is 135 cm³/mol. The number of hydrogen-bond donors (Lipinski definition) is 1. The summed E-state index contributed by atoms with van der Waals surface area (Å²) >= 11 is 0. The molecule has 0 radical (unpaired) electrons. The third-order valence-corrected chi connectivity index (χ3v) is 8.15. The van der Waals surface area contributed by atoms with Crippen LogP contribution in [0.3, 0.4) is 0 Å². The number of fused-ring (bicyclic) bond motifs is 2. The first-order valence-corrected chi connectivity index (χ1v) is 12.5. The number of anilines is 1. The van der Waals surface area contributed by atoms with E-state index in [1.807, 2.05) is 30.3 Å². The molecule has 0 aliphatic carbocycles. The molecule has 3 aromatic rings. The Bertz CT molecular complexity index is 1560. The largest absolute Gasteiger partial charge is 0.493 e. The SMILES string of the molecule is COc1cccc(C2C(C#N)=C(N)OC3=C2S(=O)(=O)N(Cc2ccccc2)c2ccccc23)c1OC. The van der Waals surface area contributed by atoms with Crippen LogP contribution in [0.15, 0.2) is 89.2 Å². The molecule has 9 heteroatoms. The first-order chi connectivity index (χ1) is 17.4. The van der Waals surface area contributed by atoms with Gasteiger partial charge in [-0.25, -0.2) is 8.42 Å². The molecule has 3 aromatic carbocycles. The minimum absolute atomic E-state index is 0.0251. The Morgan fingerprint density at radius 1 is 1.00 bits per heavy atom. The third-order valence-electron chi connectivity index (χ3n) is 6.27. The van der Waals surface area contributed by atoms with Gasteiger partial charge >= 0.3 is 0 Å². The predicted octanol–water partition coefficient (Wildman–Crippen LogP) is 4.23. The lowest BCUT2D eigenvalue weighted by Crippen LogP contribution is -2.39. The average molecular weight is 502 g/mol. The number of nitrogens with zero attached hydrogens (tertiary/aromatic N) is 2. The van der Waals surface area contributed by atoms with Crippen LogP contribution in [0.5, 0.6) is 11.5 Å². The Morgan fingerprint density at radius 2 is 1.72 bits per heavy atom. The van der Waals surface area contributed by atoms with E-state index in [1.165, 1.54) is 18.5 Å². The Balaban J connectivity index is 1.81. The fourth-order valence-electron chi connectivity index (χ4n) is 4.68. The van der Waals surface area contributed by atoms with Crippen LogP contribution in [0.4, 0.5) is 5.69 Å². The standard InChI is InChI=1S/C27H23N3O5S/c1-33-22-14-8-12-19(24(22)34-2)23-20(15-28)27(29)35-25-18-11-6-7-13-21(18)30(36(31,32)26(23)25)16-17-9-4-3-5-10-17/h3-14,23H,16,29H2,1-2H3. The Kier molecular flexibility index (Phi) is 5.82. The van der Waals surface area contributed by atoms with E-state index in [9.17, 15) is 13.7 Å². The van der Waals surface area contributed by atoms with Crippen molar-refractivity contribution in [3.05, 3.63) is 106 Å². The van der Waals surface area contributed by atoms with Gasteiger partial charge in [-0.2, -0.15) is 5.26 Å². The summed E-state index contributed by atoms with van der Waals surface area (Å²) in [5.74, 6) is -0.424. The van der Waals surface area contributed by atoms with Gasteiger partial charge in [0, 0.05) is 11.1 Å². The number of para-hydroxylation sites is 2. The summed E-state index contributed by atoms with van der Waals surface area (Å²) in [4.78, 5) is -0.0746. The molecule has 1 unspecified atom stereocenters. The van der Waals surface area contributed by atoms with Gasteiger partial charge in [0.2, 0.25) is 5.88 Å². The maximum Gasteiger partial charge on any atom is 0.265 e. The molecule has 0 fully saturated rings. The molecule has 2 aliphatic rings. The van der Waals surface area contributed by atoms with Crippen molar-refractivity contribution in [2.75, 3.05) is 18.5 Å². The summed E-state index contributed by atoms with van der Waals surface area (Å²) in [5.41, 5.74) is 8.44. The zero-order valence-electron chi connectivity index (χ0n) is 19.6. The maximum atomic E-state index is 14.4. The molecule has 0 spiro atoms. The second-order valence-electron chi connectivity index (χ2n) is 8.22. The van der Waals surface area contributed by atoms with Crippen molar-refractivity contribution in [1.29, 1.82) is 5.26 Å². The molecular formula is C27H23N3O5S. The van der Waals surface area contributed by atoms with Crippen LogP contribution >= 0.6 is 0 Å². The van der Waals surface area contributed by atoms with Gasteiger partial charge in [-0.1, -0.05) is 54.6 Å².